The van der Waals surface area contributed by atoms with E-state index in [1.54, 1.807) is 7.11 Å². The molecule has 1 N–H and O–H groups in total. The third kappa shape index (κ3) is 14.6. The largest absolute Gasteiger partial charge is 0.481 e. The third-order valence-electron chi connectivity index (χ3n) is 14.5. The van der Waals surface area contributed by atoms with Crippen molar-refractivity contribution in [3.63, 3.8) is 0 Å². The summed E-state index contributed by atoms with van der Waals surface area (Å²) in [5.41, 5.74) is 0. The molecule has 3 fully saturated rings. The molecule has 0 aromatic carbocycles. The second-order valence-electron chi connectivity index (χ2n) is 19.2. The van der Waals surface area contributed by atoms with Crippen molar-refractivity contribution in [1.29, 1.82) is 0 Å². The van der Waals surface area contributed by atoms with Crippen LogP contribution in [0, 0.1) is 11.8 Å². The van der Waals surface area contributed by atoms with E-state index in [1.165, 1.54) is 0 Å². The van der Waals surface area contributed by atoms with E-state index in [4.69, 9.17) is 37.3 Å². The second-order valence-corrected chi connectivity index (χ2v) is 28.6. The SMILES string of the molecule is CC[C@@H](C)[C@@H](O[Si](CC)(CC)CC)[C@@H](O[Si](CC)(CC)CC)[C@@H]1O[C@]2(CC[C@H]1OC)O[C@@H](C[C@@H](C[C@@H](C[C@H]1CCC[C@@H](CC(=O)O)O1)OC(C)C)OC(C)C)[C@H](C)CC2=O. The van der Waals surface area contributed by atoms with Gasteiger partial charge in [-0.05, 0) is 114 Å². The minimum Gasteiger partial charge on any atom is -0.481 e. The predicted molar refractivity (Wildman–Crippen MR) is 244 cm³/mol. The van der Waals surface area contributed by atoms with E-state index < -0.39 is 40.6 Å². The topological polar surface area (TPSA) is 128 Å². The van der Waals surface area contributed by atoms with Crippen LogP contribution in [0.1, 0.15) is 161 Å². The van der Waals surface area contributed by atoms with Gasteiger partial charge in [0.05, 0.1) is 67.5 Å². The number of methoxy groups -OCH3 is 1. The number of carbonyl (C=O) groups is 2. The fourth-order valence-corrected chi connectivity index (χ4v) is 15.9. The molecule has 0 unspecified atom stereocenters. The first-order valence-corrected chi connectivity index (χ1v) is 29.4. The van der Waals surface area contributed by atoms with Crippen molar-refractivity contribution in [2.45, 2.75) is 270 Å². The minimum atomic E-state index is -2.22. The molecule has 0 aromatic heterocycles. The van der Waals surface area contributed by atoms with E-state index in [0.717, 1.165) is 61.9 Å². The molecule has 3 aliphatic rings. The number of rotatable bonds is 27. The molecule has 3 rings (SSSR count). The second kappa shape index (κ2) is 25.1. The Kier molecular flexibility index (Phi) is 22.4. The molecular formula is C47H90O11Si2. The molecule has 3 saturated heterocycles. The first-order chi connectivity index (χ1) is 28.4. The normalized spacial score (nSPS) is 29.5. The lowest BCUT2D eigenvalue weighted by atomic mass is 9.82. The number of aliphatic carboxylic acids is 1. The van der Waals surface area contributed by atoms with E-state index >= 15 is 0 Å². The molecule has 0 aromatic rings. The summed E-state index contributed by atoms with van der Waals surface area (Å²) in [6.45, 7) is 28.4. The van der Waals surface area contributed by atoms with Gasteiger partial charge in [-0.3, -0.25) is 9.59 Å². The molecule has 11 nitrogen and oxygen atoms in total. The monoisotopic (exact) mass is 887 g/mol. The fraction of sp³-hybridized carbons (Fsp3) is 0.957. The average Bonchev–Trinajstić information content (AvgIpc) is 3.21. The molecular weight excluding hydrogens is 797 g/mol. The first-order valence-electron chi connectivity index (χ1n) is 24.4. The number of hydrogen-bond acceptors (Lipinski definition) is 10. The van der Waals surface area contributed by atoms with Crippen LogP contribution in [0.3, 0.4) is 0 Å². The zero-order chi connectivity index (χ0) is 44.8. The number of hydrogen-bond donors (Lipinski definition) is 1. The van der Waals surface area contributed by atoms with Crippen molar-refractivity contribution in [3.8, 4) is 0 Å². The predicted octanol–water partition coefficient (Wildman–Crippen LogP) is 10.9. The highest BCUT2D eigenvalue weighted by Gasteiger charge is 2.57. The van der Waals surface area contributed by atoms with Crippen molar-refractivity contribution >= 4 is 28.4 Å². The van der Waals surface area contributed by atoms with Crippen LogP contribution in [0.4, 0.5) is 0 Å². The van der Waals surface area contributed by atoms with Crippen molar-refractivity contribution in [1.82, 2.24) is 0 Å². The number of ether oxygens (including phenoxy) is 6. The van der Waals surface area contributed by atoms with E-state index in [0.29, 0.717) is 38.5 Å². The zero-order valence-corrected chi connectivity index (χ0v) is 42.6. The lowest BCUT2D eigenvalue weighted by Crippen LogP contribution is -2.65. The van der Waals surface area contributed by atoms with E-state index in [-0.39, 0.29) is 79.0 Å². The zero-order valence-electron chi connectivity index (χ0n) is 40.6. The number of carbonyl (C=O) groups excluding carboxylic acids is 1. The van der Waals surface area contributed by atoms with Crippen LogP contribution in [0.15, 0.2) is 0 Å². The molecule has 1 spiro atoms. The van der Waals surface area contributed by atoms with Crippen molar-refractivity contribution in [2.75, 3.05) is 7.11 Å². The van der Waals surface area contributed by atoms with Crippen LogP contribution in [0.2, 0.25) is 36.3 Å². The van der Waals surface area contributed by atoms with Gasteiger partial charge in [-0.2, -0.15) is 0 Å². The van der Waals surface area contributed by atoms with Crippen molar-refractivity contribution < 1.29 is 52.0 Å². The molecule has 3 heterocycles. The summed E-state index contributed by atoms with van der Waals surface area (Å²) < 4.78 is 55.3. The van der Waals surface area contributed by atoms with Gasteiger partial charge in [0.1, 0.15) is 6.10 Å². The van der Waals surface area contributed by atoms with Crippen LogP contribution >= 0.6 is 0 Å². The molecule has 3 aliphatic heterocycles. The Morgan fingerprint density at radius 2 is 1.35 bits per heavy atom. The van der Waals surface area contributed by atoms with Gasteiger partial charge in [-0.1, -0.05) is 68.7 Å². The van der Waals surface area contributed by atoms with Crippen molar-refractivity contribution in [2.24, 2.45) is 11.8 Å². The lowest BCUT2D eigenvalue weighted by molar-refractivity contribution is -0.328. The summed E-state index contributed by atoms with van der Waals surface area (Å²) in [5.74, 6) is -2.10. The number of Topliss-reactive ketones (excluding diaryl/α,β-unsaturated/α-hetero) is 1. The number of carboxylic acids is 1. The summed E-state index contributed by atoms with van der Waals surface area (Å²) in [6, 6.07) is 6.05. The van der Waals surface area contributed by atoms with E-state index in [1.807, 2.05) is 13.8 Å². The van der Waals surface area contributed by atoms with Gasteiger partial charge in [-0.25, -0.2) is 0 Å². The van der Waals surface area contributed by atoms with E-state index in [2.05, 4.69) is 76.2 Å². The Hall–Kier alpha value is -0.746. The van der Waals surface area contributed by atoms with Crippen LogP contribution in [0.5, 0.6) is 0 Å². The highest BCUT2D eigenvalue weighted by molar-refractivity contribution is 6.74. The van der Waals surface area contributed by atoms with Crippen LogP contribution in [-0.2, 0) is 46.9 Å². The van der Waals surface area contributed by atoms with E-state index in [9.17, 15) is 14.7 Å². The highest BCUT2D eigenvalue weighted by atomic mass is 28.4. The Morgan fingerprint density at radius 1 is 0.800 bits per heavy atom. The number of ketones is 1. The van der Waals surface area contributed by atoms with Gasteiger partial charge < -0.3 is 42.4 Å². The van der Waals surface area contributed by atoms with Gasteiger partial charge in [-0.15, -0.1) is 0 Å². The molecule has 0 aliphatic carbocycles. The standard InChI is InChI=1S/C47H90O11Si2/c1-15-34(12)44(57-59(16-2,17-3)18-4)46(58-60(19-5,20-6)21-7)45-40(51-14)25-26-47(56-45)42(48)27-35(13)41(55-47)30-39(53-33(10)11)29-38(52-32(8)9)28-36-23-22-24-37(54-36)31-43(49)50/h32-41,44-46H,15-31H2,1-14H3,(H,49,50)/t34-,35-,36-,37+,38-,39-,40-,41+,44-,45-,46-,47+/m1/s1. The average molecular weight is 887 g/mol. The molecule has 13 heteroatoms. The molecule has 0 bridgehead atoms. The Labute approximate surface area is 368 Å². The molecule has 12 atom stereocenters. The Morgan fingerprint density at radius 3 is 1.87 bits per heavy atom. The summed E-state index contributed by atoms with van der Waals surface area (Å²) in [6.07, 6.45) is 4.24. The van der Waals surface area contributed by atoms with Crippen LogP contribution in [-0.4, -0.2) is 114 Å². The van der Waals surface area contributed by atoms with Crippen LogP contribution in [0.25, 0.3) is 0 Å². The third-order valence-corrected chi connectivity index (χ3v) is 23.7. The maximum Gasteiger partial charge on any atom is 0.305 e. The minimum absolute atomic E-state index is 0.00622. The first kappa shape index (κ1) is 53.6. The molecule has 352 valence electrons. The summed E-state index contributed by atoms with van der Waals surface area (Å²) in [5, 5.41) is 9.43. The number of carboxylic acid groups (broad SMARTS) is 1. The molecule has 0 saturated carbocycles. The van der Waals surface area contributed by atoms with Gasteiger partial charge in [0, 0.05) is 26.4 Å². The summed E-state index contributed by atoms with van der Waals surface area (Å²) in [7, 11) is -2.56. The smallest absolute Gasteiger partial charge is 0.305 e. The molecule has 0 radical (unpaired) electrons. The molecule has 0 amide bonds. The summed E-state index contributed by atoms with van der Waals surface area (Å²) >= 11 is 0. The quantitative estimate of drug-likeness (QED) is 0.0792. The lowest BCUT2D eigenvalue weighted by Gasteiger charge is -2.53. The Bertz CT molecular complexity index is 1250. The fourth-order valence-electron chi connectivity index (χ4n) is 10.1. The maximum atomic E-state index is 14.5. The van der Waals surface area contributed by atoms with Crippen molar-refractivity contribution in [3.05, 3.63) is 0 Å². The van der Waals surface area contributed by atoms with Gasteiger partial charge in [0.2, 0.25) is 5.79 Å². The van der Waals surface area contributed by atoms with Gasteiger partial charge in [0.25, 0.3) is 0 Å². The van der Waals surface area contributed by atoms with Crippen LogP contribution < -0.4 is 0 Å². The highest BCUT2D eigenvalue weighted by Crippen LogP contribution is 2.45. The molecule has 60 heavy (non-hydrogen) atoms. The summed E-state index contributed by atoms with van der Waals surface area (Å²) in [4.78, 5) is 26.0. The van der Waals surface area contributed by atoms with Gasteiger partial charge in [0.15, 0.2) is 22.4 Å². The van der Waals surface area contributed by atoms with Gasteiger partial charge >= 0.3 is 5.97 Å². The Balaban J connectivity index is 2.01. The maximum absolute atomic E-state index is 14.5.